The average molecular weight is 90.9 g/mol. The second-order valence-corrected chi connectivity index (χ2v) is 0.881. The highest BCUT2D eigenvalue weighted by molar-refractivity contribution is 6.10. The highest BCUT2D eigenvalue weighted by atomic mass is 13.5. The van der Waals surface area contributed by atoms with Crippen LogP contribution in [0.25, 0.3) is 0 Å². The van der Waals surface area contributed by atoms with E-state index in [4.69, 9.17) is 1.34 Å². The van der Waals surface area contributed by atoms with Crippen LogP contribution in [0.1, 0.15) is 6.92 Å². The average Bonchev–Trinajstić information content (AvgIpc) is 1.81. The number of hydrogen-bond donors (Lipinski definition) is 0. The molecule has 0 atom stereocenters. The van der Waals surface area contributed by atoms with Crippen LogP contribution in [0.3, 0.4) is 0 Å². The second-order valence-electron chi connectivity index (χ2n) is 0.881. The van der Waals surface area contributed by atoms with E-state index in [2.05, 4.69) is 23.7 Å². The first-order valence-corrected chi connectivity index (χ1v) is 2.01. The summed E-state index contributed by atoms with van der Waals surface area (Å²) in [4.78, 5) is 0. The molecule has 1 heteroatoms. The molecule has 0 aromatic heterocycles. The first-order chi connectivity index (χ1) is 3.91. The van der Waals surface area contributed by atoms with Crippen LogP contribution in [-0.4, -0.2) is 9.15 Å². The Bertz CT molecular complexity index is 153. The molecule has 0 amide bonds. The van der Waals surface area contributed by atoms with Crippen molar-refractivity contribution in [1.82, 2.24) is 0 Å². The predicted molar refractivity (Wildman–Crippen MR) is 33.2 cm³/mol. The minimum atomic E-state index is 0.509. The third-order valence-corrected chi connectivity index (χ3v) is 0.378. The van der Waals surface area contributed by atoms with Crippen molar-refractivity contribution in [2.24, 2.45) is 0 Å². The Kier molecular flexibility index (Phi) is 3.22. The van der Waals surface area contributed by atoms with Gasteiger partial charge in [0.05, 0.1) is 0 Å². The molecule has 0 aromatic rings. The Hall–Kier alpha value is -0.815. The van der Waals surface area contributed by atoms with E-state index in [-0.39, 0.29) is 0 Å². The summed E-state index contributed by atoms with van der Waals surface area (Å²) < 4.78 is 6.56. The molecule has 7 heavy (non-hydrogen) atoms. The summed E-state index contributed by atoms with van der Waals surface area (Å²) in [6.07, 6.45) is 0.509. The standard InChI is InChI=1S/C6H6B/c1-2-3-4-5-6-7/h7H,6H2,1H3/i7T. The summed E-state index contributed by atoms with van der Waals surface area (Å²) in [7, 11) is 1.25. The molecular weight excluding hydrogens is 82.9 g/mol. The third kappa shape index (κ3) is 5.18. The van der Waals surface area contributed by atoms with Crippen molar-refractivity contribution in [1.29, 1.82) is 1.34 Å². The first kappa shape index (κ1) is 4.35. The molecule has 0 aliphatic heterocycles. The van der Waals surface area contributed by atoms with Crippen LogP contribution < -0.4 is 0 Å². The van der Waals surface area contributed by atoms with E-state index in [1.165, 1.54) is 7.81 Å². The lowest BCUT2D eigenvalue weighted by Gasteiger charge is -1.59. The van der Waals surface area contributed by atoms with Gasteiger partial charge in [-0.2, -0.15) is 0 Å². The molecule has 0 fully saturated rings. The fourth-order valence-electron chi connectivity index (χ4n) is 0.158. The van der Waals surface area contributed by atoms with E-state index in [0.29, 0.717) is 6.32 Å². The zero-order chi connectivity index (χ0) is 6.24. The third-order valence-electron chi connectivity index (χ3n) is 0.378. The van der Waals surface area contributed by atoms with Gasteiger partial charge in [0.25, 0.3) is 0 Å². The predicted octanol–water partition coefficient (Wildman–Crippen LogP) is 0.332. The summed E-state index contributed by atoms with van der Waals surface area (Å²) in [6.45, 7) is 1.74. The molecule has 0 aromatic carbocycles. The minimum absolute atomic E-state index is 0.509. The van der Waals surface area contributed by atoms with Crippen LogP contribution in [0.5, 0.6) is 0 Å². The van der Waals surface area contributed by atoms with Crippen LogP contribution in [0.4, 0.5) is 0 Å². The van der Waals surface area contributed by atoms with Crippen LogP contribution in [0, 0.1) is 23.7 Å². The molecule has 0 unspecified atom stereocenters. The van der Waals surface area contributed by atoms with E-state index >= 15 is 0 Å². The molecule has 0 bridgehead atoms. The summed E-state index contributed by atoms with van der Waals surface area (Å²) in [6, 6.07) is 0. The van der Waals surface area contributed by atoms with Crippen LogP contribution in [0.15, 0.2) is 0 Å². The first-order valence-electron chi connectivity index (χ1n) is 2.59. The van der Waals surface area contributed by atoms with Crippen molar-refractivity contribution in [3.05, 3.63) is 0 Å². The van der Waals surface area contributed by atoms with Gasteiger partial charge in [0, 0.05) is 0 Å². The Balaban J connectivity index is 3.31. The maximum atomic E-state index is 6.56. The number of rotatable bonds is 1. The van der Waals surface area contributed by atoms with E-state index in [1.54, 1.807) is 6.92 Å². The molecule has 0 heterocycles. The zero-order valence-corrected chi connectivity index (χ0v) is 4.28. The second kappa shape index (κ2) is 5.18. The molecule has 1 radical (unpaired) electrons. The van der Waals surface area contributed by atoms with E-state index in [9.17, 15) is 0 Å². The van der Waals surface area contributed by atoms with Crippen LogP contribution in [0.2, 0.25) is 6.32 Å². The highest BCUT2D eigenvalue weighted by Gasteiger charge is 1.54. The zero-order valence-electron chi connectivity index (χ0n) is 5.28. The van der Waals surface area contributed by atoms with E-state index < -0.39 is 0 Å². The molecule has 0 nitrogen and oxygen atoms in total. The van der Waals surface area contributed by atoms with Crippen molar-refractivity contribution in [3.8, 4) is 23.7 Å². The summed E-state index contributed by atoms with van der Waals surface area (Å²) in [5.41, 5.74) is 0. The molecule has 0 saturated heterocycles. The van der Waals surface area contributed by atoms with Gasteiger partial charge < -0.3 is 0 Å². The van der Waals surface area contributed by atoms with Gasteiger partial charge in [0.2, 0.25) is 0 Å². The van der Waals surface area contributed by atoms with Crippen LogP contribution >= 0.6 is 0 Å². The lowest BCUT2D eigenvalue weighted by Crippen LogP contribution is -1.55. The Morgan fingerprint density at radius 1 is 1.71 bits per heavy atom. The normalized spacial score (nSPS) is 6.14. The summed E-state index contributed by atoms with van der Waals surface area (Å²) in [5, 5.41) is 0. The fourth-order valence-corrected chi connectivity index (χ4v) is 0.158. The van der Waals surface area contributed by atoms with Crippen molar-refractivity contribution < 1.29 is 0 Å². The lowest BCUT2D eigenvalue weighted by molar-refractivity contribution is 1.87. The maximum Gasteiger partial charge on any atom is 0.103 e. The van der Waals surface area contributed by atoms with E-state index in [1.807, 2.05) is 0 Å². The largest absolute Gasteiger partial charge is 0.103 e. The van der Waals surface area contributed by atoms with Crippen molar-refractivity contribution in [3.63, 3.8) is 0 Å². The molecule has 0 saturated carbocycles. The lowest BCUT2D eigenvalue weighted by atomic mass is 10.1. The van der Waals surface area contributed by atoms with Crippen molar-refractivity contribution in [2.75, 3.05) is 0 Å². The minimum Gasteiger partial charge on any atom is -0.0983 e. The topological polar surface area (TPSA) is 0 Å². The molecular formula is C6H6B. The molecule has 0 rings (SSSR count). The van der Waals surface area contributed by atoms with Gasteiger partial charge in [-0.1, -0.05) is 11.8 Å². The Morgan fingerprint density at radius 2 is 2.57 bits per heavy atom. The smallest absolute Gasteiger partial charge is 0.0983 e. The molecule has 0 aliphatic carbocycles. The van der Waals surface area contributed by atoms with Gasteiger partial charge >= 0.3 is 0 Å². The van der Waals surface area contributed by atoms with Gasteiger partial charge in [0.15, 0.2) is 0 Å². The van der Waals surface area contributed by atoms with Crippen molar-refractivity contribution >= 4 is 7.81 Å². The Labute approximate surface area is 47.1 Å². The monoisotopic (exact) mass is 91.1 g/mol. The molecule has 33 valence electrons. The quantitative estimate of drug-likeness (QED) is 0.322. The van der Waals surface area contributed by atoms with Crippen LogP contribution in [-0.2, 0) is 0 Å². The maximum absolute atomic E-state index is 6.56. The Morgan fingerprint density at radius 3 is 3.14 bits per heavy atom. The fraction of sp³-hybridized carbons (Fsp3) is 0.333. The summed E-state index contributed by atoms with van der Waals surface area (Å²) >= 11 is 0. The SMILES string of the molecule is [3H][B]CC#CC#CC. The van der Waals surface area contributed by atoms with Gasteiger partial charge in [-0.15, -0.1) is 0 Å². The van der Waals surface area contributed by atoms with E-state index in [0.717, 1.165) is 0 Å². The van der Waals surface area contributed by atoms with Gasteiger partial charge in [-0.3, -0.25) is 0 Å². The van der Waals surface area contributed by atoms with Gasteiger partial charge in [0.1, 0.15) is 7.81 Å². The molecule has 0 aliphatic rings. The van der Waals surface area contributed by atoms with Gasteiger partial charge in [-0.25, -0.2) is 0 Å². The summed E-state index contributed by atoms with van der Waals surface area (Å²) in [5.74, 6) is 10.4. The number of hydrogen-bond acceptors (Lipinski definition) is 0. The molecule has 0 N–H and O–H groups in total. The highest BCUT2D eigenvalue weighted by Crippen LogP contribution is 1.59. The van der Waals surface area contributed by atoms with Crippen molar-refractivity contribution in [2.45, 2.75) is 13.2 Å². The molecule has 0 spiro atoms. The van der Waals surface area contributed by atoms with Gasteiger partial charge in [-0.05, 0) is 26.4 Å².